The lowest BCUT2D eigenvalue weighted by atomic mass is 10.2. The summed E-state index contributed by atoms with van der Waals surface area (Å²) >= 11 is 1.27. The first-order valence-corrected chi connectivity index (χ1v) is 10.1. The SMILES string of the molecule is CC(=O)N1CCN(C(=O)CCc2csc(NC(=O)Nc3ccc(F)cc3)n2)CC1. The highest BCUT2D eigenvalue weighted by Gasteiger charge is 2.22. The number of benzene rings is 1. The topological polar surface area (TPSA) is 94.6 Å². The van der Waals surface area contributed by atoms with Crippen LogP contribution in [0.3, 0.4) is 0 Å². The van der Waals surface area contributed by atoms with E-state index < -0.39 is 6.03 Å². The van der Waals surface area contributed by atoms with Gasteiger partial charge in [-0.15, -0.1) is 11.3 Å². The van der Waals surface area contributed by atoms with E-state index in [1.807, 2.05) is 0 Å². The highest BCUT2D eigenvalue weighted by molar-refractivity contribution is 7.13. The fraction of sp³-hybridized carbons (Fsp3) is 0.368. The van der Waals surface area contributed by atoms with E-state index in [0.717, 1.165) is 5.69 Å². The average Bonchev–Trinajstić information content (AvgIpc) is 3.15. The summed E-state index contributed by atoms with van der Waals surface area (Å²) in [6, 6.07) is 4.97. The molecule has 2 N–H and O–H groups in total. The molecule has 1 saturated heterocycles. The zero-order valence-electron chi connectivity index (χ0n) is 16.0. The second-order valence-corrected chi connectivity index (χ2v) is 7.47. The Kier molecular flexibility index (Phi) is 6.76. The third-order valence-electron chi connectivity index (χ3n) is 4.55. The molecule has 0 unspecified atom stereocenters. The van der Waals surface area contributed by atoms with Gasteiger partial charge in [0.25, 0.3) is 0 Å². The smallest absolute Gasteiger partial charge is 0.325 e. The Morgan fingerprint density at radius 1 is 1.07 bits per heavy atom. The predicted molar refractivity (Wildman–Crippen MR) is 108 cm³/mol. The summed E-state index contributed by atoms with van der Waals surface area (Å²) in [5.74, 6) is -0.316. The van der Waals surface area contributed by atoms with Crippen LogP contribution >= 0.6 is 11.3 Å². The molecule has 29 heavy (non-hydrogen) atoms. The van der Waals surface area contributed by atoms with Crippen molar-refractivity contribution in [1.29, 1.82) is 0 Å². The van der Waals surface area contributed by atoms with Crippen molar-refractivity contribution in [3.63, 3.8) is 0 Å². The Morgan fingerprint density at radius 2 is 1.72 bits per heavy atom. The molecule has 1 aromatic carbocycles. The van der Waals surface area contributed by atoms with E-state index >= 15 is 0 Å². The monoisotopic (exact) mass is 419 g/mol. The summed E-state index contributed by atoms with van der Waals surface area (Å²) in [6.07, 6.45) is 0.800. The fourth-order valence-electron chi connectivity index (χ4n) is 2.94. The van der Waals surface area contributed by atoms with Crippen LogP contribution in [-0.4, -0.2) is 58.8 Å². The summed E-state index contributed by atoms with van der Waals surface area (Å²) in [5.41, 5.74) is 1.19. The third-order valence-corrected chi connectivity index (χ3v) is 5.35. The van der Waals surface area contributed by atoms with E-state index in [9.17, 15) is 18.8 Å². The van der Waals surface area contributed by atoms with E-state index in [4.69, 9.17) is 0 Å². The van der Waals surface area contributed by atoms with Crippen molar-refractivity contribution < 1.29 is 18.8 Å². The van der Waals surface area contributed by atoms with Gasteiger partial charge >= 0.3 is 6.03 Å². The van der Waals surface area contributed by atoms with Crippen LogP contribution in [0.15, 0.2) is 29.6 Å². The van der Waals surface area contributed by atoms with Crippen molar-refractivity contribution in [2.45, 2.75) is 19.8 Å². The fourth-order valence-corrected chi connectivity index (χ4v) is 3.68. The molecular weight excluding hydrogens is 397 g/mol. The van der Waals surface area contributed by atoms with E-state index in [1.165, 1.54) is 42.5 Å². The molecule has 4 amide bonds. The summed E-state index contributed by atoms with van der Waals surface area (Å²) in [4.78, 5) is 43.5. The normalized spacial score (nSPS) is 13.9. The van der Waals surface area contributed by atoms with E-state index in [2.05, 4.69) is 15.6 Å². The van der Waals surface area contributed by atoms with Gasteiger partial charge in [-0.05, 0) is 30.7 Å². The lowest BCUT2D eigenvalue weighted by Crippen LogP contribution is -2.50. The number of piperazine rings is 1. The molecule has 8 nitrogen and oxygen atoms in total. The number of anilines is 2. The van der Waals surface area contributed by atoms with E-state index in [0.29, 0.717) is 49.8 Å². The van der Waals surface area contributed by atoms with Gasteiger partial charge in [0.15, 0.2) is 5.13 Å². The van der Waals surface area contributed by atoms with Crippen LogP contribution in [-0.2, 0) is 16.0 Å². The quantitative estimate of drug-likeness (QED) is 0.779. The van der Waals surface area contributed by atoms with Crippen LogP contribution in [0.1, 0.15) is 19.0 Å². The average molecular weight is 419 g/mol. The van der Waals surface area contributed by atoms with Crippen molar-refractivity contribution in [2.75, 3.05) is 36.8 Å². The number of nitrogens with one attached hydrogen (secondary N) is 2. The van der Waals surface area contributed by atoms with Crippen molar-refractivity contribution in [1.82, 2.24) is 14.8 Å². The minimum absolute atomic E-state index is 0.0306. The summed E-state index contributed by atoms with van der Waals surface area (Å²) in [6.45, 7) is 3.76. The molecule has 0 radical (unpaired) electrons. The van der Waals surface area contributed by atoms with Crippen molar-refractivity contribution in [2.24, 2.45) is 0 Å². The number of aromatic nitrogens is 1. The van der Waals surface area contributed by atoms with Gasteiger partial charge in [0.1, 0.15) is 5.82 Å². The molecule has 0 bridgehead atoms. The molecule has 1 aliphatic heterocycles. The molecule has 10 heteroatoms. The summed E-state index contributed by atoms with van der Waals surface area (Å²) in [5, 5.41) is 7.43. The number of hydrogen-bond donors (Lipinski definition) is 2. The minimum atomic E-state index is -0.475. The minimum Gasteiger partial charge on any atom is -0.339 e. The maximum atomic E-state index is 12.9. The van der Waals surface area contributed by atoms with Gasteiger partial charge in [0.2, 0.25) is 11.8 Å². The molecule has 0 aliphatic carbocycles. The third kappa shape index (κ3) is 5.98. The first-order chi connectivity index (χ1) is 13.9. The van der Waals surface area contributed by atoms with Crippen LogP contribution in [0, 0.1) is 5.82 Å². The number of hydrogen-bond acceptors (Lipinski definition) is 5. The molecule has 154 valence electrons. The van der Waals surface area contributed by atoms with Crippen LogP contribution in [0.4, 0.5) is 20.0 Å². The molecule has 1 fully saturated rings. The number of carbonyl (C=O) groups is 3. The molecular formula is C19H22FN5O3S. The summed E-state index contributed by atoms with van der Waals surface area (Å²) in [7, 11) is 0. The van der Waals surface area contributed by atoms with Gasteiger partial charge < -0.3 is 15.1 Å². The Labute approximate surface area is 171 Å². The molecule has 2 heterocycles. The lowest BCUT2D eigenvalue weighted by Gasteiger charge is -2.34. The number of amides is 4. The number of thiazole rings is 1. The molecule has 3 rings (SSSR count). The molecule has 0 saturated carbocycles. The van der Waals surface area contributed by atoms with Gasteiger partial charge in [0.05, 0.1) is 5.69 Å². The van der Waals surface area contributed by atoms with Gasteiger partial charge in [-0.2, -0.15) is 0 Å². The standard InChI is InChI=1S/C19H22FN5O3S/c1-13(26)24-8-10-25(11-9-24)17(27)7-6-16-12-29-19(22-16)23-18(28)21-15-4-2-14(20)3-5-15/h2-5,12H,6-11H2,1H3,(H2,21,22,23,28). The molecule has 0 atom stereocenters. The van der Waals surface area contributed by atoms with Gasteiger partial charge in [0, 0.05) is 50.6 Å². The first kappa shape index (κ1) is 20.7. The highest BCUT2D eigenvalue weighted by Crippen LogP contribution is 2.18. The molecule has 1 aromatic heterocycles. The van der Waals surface area contributed by atoms with E-state index in [-0.39, 0.29) is 17.6 Å². The van der Waals surface area contributed by atoms with Gasteiger partial charge in [-0.1, -0.05) is 0 Å². The molecule has 2 aromatic rings. The van der Waals surface area contributed by atoms with Crippen LogP contribution < -0.4 is 10.6 Å². The highest BCUT2D eigenvalue weighted by atomic mass is 32.1. The zero-order chi connectivity index (χ0) is 20.8. The van der Waals surface area contributed by atoms with Crippen LogP contribution in [0.2, 0.25) is 0 Å². The zero-order valence-corrected chi connectivity index (χ0v) is 16.8. The largest absolute Gasteiger partial charge is 0.339 e. The predicted octanol–water partition coefficient (Wildman–Crippen LogP) is 2.55. The Hall–Kier alpha value is -3.01. The number of nitrogens with zero attached hydrogens (tertiary/aromatic N) is 3. The maximum absolute atomic E-state index is 12.9. The first-order valence-electron chi connectivity index (χ1n) is 9.22. The Balaban J connectivity index is 1.43. The number of aryl methyl sites for hydroxylation is 1. The van der Waals surface area contributed by atoms with Crippen molar-refractivity contribution in [3.8, 4) is 0 Å². The Morgan fingerprint density at radius 3 is 2.38 bits per heavy atom. The van der Waals surface area contributed by atoms with Crippen molar-refractivity contribution >= 4 is 40.0 Å². The Bertz CT molecular complexity index is 878. The second-order valence-electron chi connectivity index (χ2n) is 6.62. The number of carbonyl (C=O) groups excluding carboxylic acids is 3. The van der Waals surface area contributed by atoms with Crippen LogP contribution in [0.25, 0.3) is 0 Å². The molecule has 1 aliphatic rings. The van der Waals surface area contributed by atoms with Crippen molar-refractivity contribution in [3.05, 3.63) is 41.2 Å². The summed E-state index contributed by atoms with van der Waals surface area (Å²) < 4.78 is 12.9. The van der Waals surface area contributed by atoms with Gasteiger partial charge in [-0.25, -0.2) is 14.2 Å². The maximum Gasteiger partial charge on any atom is 0.325 e. The number of halogens is 1. The lowest BCUT2D eigenvalue weighted by molar-refractivity contribution is -0.138. The number of urea groups is 1. The van der Waals surface area contributed by atoms with E-state index in [1.54, 1.807) is 15.2 Å². The van der Waals surface area contributed by atoms with Crippen LogP contribution in [0.5, 0.6) is 0 Å². The second kappa shape index (κ2) is 9.46. The van der Waals surface area contributed by atoms with Gasteiger partial charge in [-0.3, -0.25) is 14.9 Å². The number of rotatable bonds is 5. The molecule has 0 spiro atoms.